The predicted molar refractivity (Wildman–Crippen MR) is 131 cm³/mol. The number of H-pyrrole nitrogens is 1. The Hall–Kier alpha value is -2.32. The third kappa shape index (κ3) is 4.30. The van der Waals surface area contributed by atoms with Crippen molar-refractivity contribution in [2.24, 2.45) is 0 Å². The summed E-state index contributed by atoms with van der Waals surface area (Å²) in [6.45, 7) is 10.6. The van der Waals surface area contributed by atoms with Crippen LogP contribution in [0.2, 0.25) is 0 Å². The number of benzene rings is 1. The molecule has 1 fully saturated rings. The van der Waals surface area contributed by atoms with Crippen LogP contribution < -0.4 is 14.8 Å². The monoisotopic (exact) mass is 453 g/mol. The number of nitrogens with one attached hydrogen (secondary N) is 3. The number of hydrogen-bond donors (Lipinski definition) is 3. The Morgan fingerprint density at radius 3 is 2.78 bits per heavy atom. The van der Waals surface area contributed by atoms with Crippen LogP contribution in [0, 0.1) is 0 Å². The number of ketones is 1. The van der Waals surface area contributed by atoms with Gasteiger partial charge in [0.05, 0.1) is 12.1 Å². The van der Waals surface area contributed by atoms with Gasteiger partial charge in [-0.15, -0.1) is 4.72 Å². The minimum Gasteiger partial charge on any atom is -0.598 e. The van der Waals surface area contributed by atoms with Gasteiger partial charge in [0, 0.05) is 39.3 Å². The van der Waals surface area contributed by atoms with Crippen LogP contribution in [0.5, 0.6) is 5.75 Å². The fourth-order valence-electron chi connectivity index (χ4n) is 4.61. The highest BCUT2D eigenvalue weighted by molar-refractivity contribution is 7.88. The van der Waals surface area contributed by atoms with Gasteiger partial charge in [0.1, 0.15) is 18.1 Å². The van der Waals surface area contributed by atoms with Crippen LogP contribution in [-0.2, 0) is 16.8 Å². The second-order valence-corrected chi connectivity index (χ2v) is 10.0. The molecule has 0 spiro atoms. The van der Waals surface area contributed by atoms with Gasteiger partial charge in [0.2, 0.25) is 0 Å². The summed E-state index contributed by atoms with van der Waals surface area (Å²) in [7, 11) is 0. The number of carbonyl (C=O) groups is 1. The van der Waals surface area contributed by atoms with Crippen molar-refractivity contribution < 1.29 is 14.1 Å². The smallest absolute Gasteiger partial charge is 0.195 e. The standard InChI is InChI=1S/C25H31N3O3S/c1-5-18-21(7-6-12-27-32(4)30)28-24-22(18)23(29)19-9-8-17(15-20(19)25(24,2)3)31-16-10-13-26-14-11-16/h5-9,15-16,26-28H,1,10-14H2,2-4H3/b7-6-. The molecule has 7 heteroatoms. The van der Waals surface area contributed by atoms with E-state index >= 15 is 0 Å². The molecule has 4 rings (SSSR count). The van der Waals surface area contributed by atoms with Gasteiger partial charge >= 0.3 is 0 Å². The van der Waals surface area contributed by atoms with E-state index in [1.165, 1.54) is 0 Å². The SMILES string of the molecule is C=Cc1c(/C=C\CN[S+](C)[O-])[nH]c2c1C(=O)c1ccc(OC3CCNCC3)cc1C2(C)C. The lowest BCUT2D eigenvalue weighted by molar-refractivity contribution is 0.103. The van der Waals surface area contributed by atoms with E-state index in [4.69, 9.17) is 4.74 Å². The molecule has 1 aliphatic carbocycles. The molecule has 1 saturated heterocycles. The second kappa shape index (κ2) is 9.27. The third-order valence-corrected chi connectivity index (χ3v) is 6.89. The highest BCUT2D eigenvalue weighted by Gasteiger charge is 2.40. The van der Waals surface area contributed by atoms with E-state index in [9.17, 15) is 9.35 Å². The molecule has 170 valence electrons. The topological polar surface area (TPSA) is 89.2 Å². The van der Waals surface area contributed by atoms with Gasteiger partial charge in [-0.2, -0.15) is 0 Å². The molecule has 0 saturated carbocycles. The zero-order chi connectivity index (χ0) is 22.9. The lowest BCUT2D eigenvalue weighted by Crippen LogP contribution is -2.34. The van der Waals surface area contributed by atoms with Crippen molar-refractivity contribution in [3.63, 3.8) is 0 Å². The summed E-state index contributed by atoms with van der Waals surface area (Å²) in [4.78, 5) is 17.0. The number of hydrogen-bond acceptors (Lipinski definition) is 5. The zero-order valence-electron chi connectivity index (χ0n) is 18.9. The molecule has 1 unspecified atom stereocenters. The Kier molecular flexibility index (Phi) is 6.62. The molecular formula is C25H31N3O3S. The Balaban J connectivity index is 1.69. The number of carbonyl (C=O) groups excluding carboxylic acids is 1. The van der Waals surface area contributed by atoms with Crippen molar-refractivity contribution in [2.75, 3.05) is 25.9 Å². The molecular weight excluding hydrogens is 422 g/mol. The maximum Gasteiger partial charge on any atom is 0.195 e. The first kappa shape index (κ1) is 22.9. The van der Waals surface area contributed by atoms with Crippen LogP contribution in [0.1, 0.15) is 65.1 Å². The lowest BCUT2D eigenvalue weighted by Gasteiger charge is -2.33. The van der Waals surface area contributed by atoms with E-state index in [1.807, 2.05) is 30.4 Å². The third-order valence-electron chi connectivity index (χ3n) is 6.31. The fourth-order valence-corrected chi connectivity index (χ4v) is 4.94. The Morgan fingerprint density at radius 1 is 1.34 bits per heavy atom. The van der Waals surface area contributed by atoms with Gasteiger partial charge in [-0.1, -0.05) is 32.6 Å². The van der Waals surface area contributed by atoms with Gasteiger partial charge in [0.15, 0.2) is 5.78 Å². The summed E-state index contributed by atoms with van der Waals surface area (Å²) in [5.41, 5.74) is 4.46. The van der Waals surface area contributed by atoms with Crippen LogP contribution in [0.25, 0.3) is 12.2 Å². The summed E-state index contributed by atoms with van der Waals surface area (Å²) in [5.74, 6) is 0.815. The average molecular weight is 454 g/mol. The summed E-state index contributed by atoms with van der Waals surface area (Å²) >= 11 is -1.07. The van der Waals surface area contributed by atoms with Crippen molar-refractivity contribution in [3.8, 4) is 5.75 Å². The number of piperidine rings is 1. The van der Waals surface area contributed by atoms with Gasteiger partial charge in [-0.25, -0.2) is 0 Å². The zero-order valence-corrected chi connectivity index (χ0v) is 19.7. The average Bonchev–Trinajstić information content (AvgIpc) is 3.16. The first-order valence-electron chi connectivity index (χ1n) is 11.0. The quantitative estimate of drug-likeness (QED) is 0.558. The second-order valence-electron chi connectivity index (χ2n) is 8.84. The van der Waals surface area contributed by atoms with Gasteiger partial charge in [0.25, 0.3) is 0 Å². The molecule has 2 aliphatic rings. The molecule has 0 bridgehead atoms. The largest absolute Gasteiger partial charge is 0.598 e. The molecule has 6 nitrogen and oxygen atoms in total. The number of ether oxygens (including phenoxy) is 1. The van der Waals surface area contributed by atoms with E-state index in [0.29, 0.717) is 17.7 Å². The van der Waals surface area contributed by atoms with E-state index in [-0.39, 0.29) is 11.9 Å². The van der Waals surface area contributed by atoms with Crippen LogP contribution in [-0.4, -0.2) is 47.3 Å². The van der Waals surface area contributed by atoms with Gasteiger partial charge < -0.3 is 19.6 Å². The van der Waals surface area contributed by atoms with E-state index < -0.39 is 16.8 Å². The van der Waals surface area contributed by atoms with E-state index in [1.54, 1.807) is 12.3 Å². The maximum absolute atomic E-state index is 13.5. The van der Waals surface area contributed by atoms with Crippen molar-refractivity contribution in [1.29, 1.82) is 0 Å². The molecule has 1 aromatic heterocycles. The van der Waals surface area contributed by atoms with Crippen molar-refractivity contribution in [1.82, 2.24) is 15.0 Å². The molecule has 2 heterocycles. The Morgan fingerprint density at radius 2 is 2.09 bits per heavy atom. The normalized spacial score (nSPS) is 18.9. The van der Waals surface area contributed by atoms with Crippen LogP contribution in [0.3, 0.4) is 0 Å². The number of aromatic nitrogens is 1. The molecule has 1 aromatic carbocycles. The van der Waals surface area contributed by atoms with Crippen LogP contribution in [0.15, 0.2) is 30.9 Å². The Bertz CT molecular complexity index is 1050. The maximum atomic E-state index is 13.5. The molecule has 0 radical (unpaired) electrons. The van der Waals surface area contributed by atoms with Crippen LogP contribution in [0.4, 0.5) is 0 Å². The summed E-state index contributed by atoms with van der Waals surface area (Å²) in [5, 5.41) is 3.36. The Labute approximate surface area is 192 Å². The highest BCUT2D eigenvalue weighted by Crippen LogP contribution is 2.44. The molecule has 0 amide bonds. The minimum atomic E-state index is -1.07. The molecule has 32 heavy (non-hydrogen) atoms. The van der Waals surface area contributed by atoms with Gasteiger partial charge in [-0.05, 0) is 55.8 Å². The van der Waals surface area contributed by atoms with Crippen LogP contribution >= 0.6 is 0 Å². The lowest BCUT2D eigenvalue weighted by atomic mass is 9.71. The van der Waals surface area contributed by atoms with E-state index in [0.717, 1.165) is 54.2 Å². The van der Waals surface area contributed by atoms with E-state index in [2.05, 4.69) is 35.4 Å². The van der Waals surface area contributed by atoms with Crippen molar-refractivity contribution >= 4 is 29.3 Å². The highest BCUT2D eigenvalue weighted by atomic mass is 32.2. The summed E-state index contributed by atoms with van der Waals surface area (Å²) < 4.78 is 20.3. The number of aromatic amines is 1. The fraction of sp³-hybridized carbons (Fsp3) is 0.400. The first-order chi connectivity index (χ1) is 15.3. The summed E-state index contributed by atoms with van der Waals surface area (Å²) in [6, 6.07) is 5.84. The molecule has 3 N–H and O–H groups in total. The van der Waals surface area contributed by atoms with Gasteiger partial charge in [-0.3, -0.25) is 4.79 Å². The predicted octanol–water partition coefficient (Wildman–Crippen LogP) is 3.56. The number of rotatable bonds is 7. The minimum absolute atomic E-state index is 0.00123. The molecule has 1 atom stereocenters. The summed E-state index contributed by atoms with van der Waals surface area (Å²) in [6.07, 6.45) is 9.30. The van der Waals surface area contributed by atoms with Crippen molar-refractivity contribution in [2.45, 2.75) is 38.2 Å². The molecule has 2 aromatic rings. The van der Waals surface area contributed by atoms with Crippen molar-refractivity contribution in [3.05, 3.63) is 64.5 Å². The molecule has 1 aliphatic heterocycles. The number of fused-ring (bicyclic) bond motifs is 2. The first-order valence-corrected chi connectivity index (χ1v) is 12.6.